The zero-order valence-corrected chi connectivity index (χ0v) is 21.4. The molecule has 1 aliphatic carbocycles. The van der Waals surface area contributed by atoms with Gasteiger partial charge in [0.05, 0.1) is 13.0 Å². The van der Waals surface area contributed by atoms with Gasteiger partial charge in [0.25, 0.3) is 0 Å². The van der Waals surface area contributed by atoms with Crippen molar-refractivity contribution in [2.24, 2.45) is 5.92 Å². The van der Waals surface area contributed by atoms with E-state index in [2.05, 4.69) is 29.9 Å². The van der Waals surface area contributed by atoms with E-state index in [1.165, 1.54) is 0 Å². The van der Waals surface area contributed by atoms with Crippen LogP contribution >= 0.6 is 0 Å². The second-order valence-electron chi connectivity index (χ2n) is 10.2. The second-order valence-corrected chi connectivity index (χ2v) is 15.8. The lowest BCUT2D eigenvalue weighted by Crippen LogP contribution is -2.22. The van der Waals surface area contributed by atoms with Gasteiger partial charge in [-0.2, -0.15) is 0 Å². The Hall–Kier alpha value is -3.24. The maximum absolute atomic E-state index is 13.3. The van der Waals surface area contributed by atoms with Crippen LogP contribution in [-0.4, -0.2) is 52.8 Å². The van der Waals surface area contributed by atoms with Crippen LogP contribution in [0.3, 0.4) is 0 Å². The molecule has 4 heterocycles. The molecule has 10 heteroatoms. The van der Waals surface area contributed by atoms with Crippen molar-refractivity contribution in [1.29, 1.82) is 0 Å². The van der Waals surface area contributed by atoms with E-state index in [9.17, 15) is 9.18 Å². The number of hydrogen-bond acceptors (Lipinski definition) is 5. The number of halogens is 1. The predicted molar refractivity (Wildman–Crippen MR) is 136 cm³/mol. The monoisotopic (exact) mass is 495 g/mol. The SMILES string of the molecule is COc1c(-c2cn(COCC[Si](C)(C)C)c3nc(NC(=O)[C@@H]4C[C@@H]4F)ccc23)ccc2nccn12. The molecule has 4 aromatic rings. The maximum atomic E-state index is 13.3. The highest BCUT2D eigenvalue weighted by Gasteiger charge is 2.43. The van der Waals surface area contributed by atoms with Crippen LogP contribution in [0.25, 0.3) is 27.8 Å². The molecule has 4 aromatic heterocycles. The van der Waals surface area contributed by atoms with Crippen LogP contribution in [0, 0.1) is 5.92 Å². The number of pyridine rings is 2. The van der Waals surface area contributed by atoms with Gasteiger partial charge in [0.1, 0.15) is 30.0 Å². The van der Waals surface area contributed by atoms with E-state index in [0.717, 1.165) is 28.2 Å². The summed E-state index contributed by atoms with van der Waals surface area (Å²) < 4.78 is 29.0. The van der Waals surface area contributed by atoms with E-state index >= 15 is 0 Å². The fourth-order valence-corrected chi connectivity index (χ4v) is 4.88. The number of alkyl halides is 1. The summed E-state index contributed by atoms with van der Waals surface area (Å²) in [5.74, 6) is 0.151. The molecule has 35 heavy (non-hydrogen) atoms. The fraction of sp³-hybridized carbons (Fsp3) is 0.400. The minimum Gasteiger partial charge on any atom is -0.481 e. The van der Waals surface area contributed by atoms with Crippen LogP contribution in [0.1, 0.15) is 6.42 Å². The highest BCUT2D eigenvalue weighted by molar-refractivity contribution is 6.76. The van der Waals surface area contributed by atoms with Gasteiger partial charge in [-0.15, -0.1) is 0 Å². The number of aromatic nitrogens is 4. The third-order valence-corrected chi connectivity index (χ3v) is 7.95. The number of methoxy groups -OCH3 is 1. The van der Waals surface area contributed by atoms with Crippen molar-refractivity contribution >= 4 is 36.5 Å². The van der Waals surface area contributed by atoms with Gasteiger partial charge in [-0.25, -0.2) is 14.4 Å². The lowest BCUT2D eigenvalue weighted by Gasteiger charge is -2.15. The van der Waals surface area contributed by atoms with E-state index in [1.54, 1.807) is 19.4 Å². The Bertz CT molecular complexity index is 1390. The number of nitrogens with one attached hydrogen (secondary N) is 1. The van der Waals surface area contributed by atoms with Gasteiger partial charge in [0, 0.05) is 49.8 Å². The Morgan fingerprint density at radius 3 is 2.74 bits per heavy atom. The highest BCUT2D eigenvalue weighted by atomic mass is 28.3. The second kappa shape index (κ2) is 9.08. The number of imidazole rings is 1. The van der Waals surface area contributed by atoms with Crippen LogP contribution in [0.5, 0.6) is 5.88 Å². The largest absolute Gasteiger partial charge is 0.481 e. The highest BCUT2D eigenvalue weighted by Crippen LogP contribution is 2.38. The van der Waals surface area contributed by atoms with E-state index < -0.39 is 20.2 Å². The molecule has 0 aromatic carbocycles. The van der Waals surface area contributed by atoms with Crippen molar-refractivity contribution < 1.29 is 18.7 Å². The molecule has 184 valence electrons. The van der Waals surface area contributed by atoms with Crippen molar-refractivity contribution in [2.75, 3.05) is 19.0 Å². The van der Waals surface area contributed by atoms with Gasteiger partial charge in [0.2, 0.25) is 11.8 Å². The molecule has 0 saturated heterocycles. The molecular formula is C25H30FN5O3Si. The lowest BCUT2D eigenvalue weighted by atomic mass is 10.1. The number of amides is 1. The number of nitrogens with zero attached hydrogens (tertiary/aromatic N) is 4. The van der Waals surface area contributed by atoms with E-state index in [-0.39, 0.29) is 12.3 Å². The Kier molecular flexibility index (Phi) is 6.10. The van der Waals surface area contributed by atoms with Crippen molar-refractivity contribution in [3.05, 3.63) is 42.9 Å². The molecule has 8 nitrogen and oxygen atoms in total. The van der Waals surface area contributed by atoms with Crippen molar-refractivity contribution in [3.8, 4) is 17.0 Å². The summed E-state index contributed by atoms with van der Waals surface area (Å²) in [7, 11) is 0.418. The third-order valence-electron chi connectivity index (χ3n) is 6.25. The van der Waals surface area contributed by atoms with E-state index in [4.69, 9.17) is 14.5 Å². The molecule has 1 fully saturated rings. The summed E-state index contributed by atoms with van der Waals surface area (Å²) in [6.45, 7) is 7.95. The number of carbonyl (C=O) groups excluding carboxylic acids is 1. The summed E-state index contributed by atoms with van der Waals surface area (Å²) in [5, 5.41) is 3.65. The number of anilines is 1. The van der Waals surface area contributed by atoms with Crippen LogP contribution < -0.4 is 10.1 Å². The van der Waals surface area contributed by atoms with Crippen LogP contribution in [0.15, 0.2) is 42.9 Å². The molecule has 0 radical (unpaired) electrons. The average molecular weight is 496 g/mol. The number of rotatable bonds is 9. The molecule has 1 amide bonds. The molecule has 1 saturated carbocycles. The number of carbonyl (C=O) groups is 1. The van der Waals surface area contributed by atoms with Gasteiger partial charge in [-0.1, -0.05) is 19.6 Å². The zero-order valence-electron chi connectivity index (χ0n) is 20.4. The minimum atomic E-state index is -1.22. The molecular weight excluding hydrogens is 465 g/mol. The van der Waals surface area contributed by atoms with Gasteiger partial charge >= 0.3 is 0 Å². The molecule has 2 atom stereocenters. The number of ether oxygens (including phenoxy) is 2. The lowest BCUT2D eigenvalue weighted by molar-refractivity contribution is -0.117. The summed E-state index contributed by atoms with van der Waals surface area (Å²) in [6, 6.07) is 8.65. The fourth-order valence-electron chi connectivity index (χ4n) is 4.12. The van der Waals surface area contributed by atoms with Crippen LogP contribution in [0.2, 0.25) is 25.7 Å². The summed E-state index contributed by atoms with van der Waals surface area (Å²) >= 11 is 0. The van der Waals surface area contributed by atoms with Gasteiger partial charge < -0.3 is 19.4 Å². The molecule has 1 N–H and O–H groups in total. The number of hydrogen-bond donors (Lipinski definition) is 1. The Morgan fingerprint density at radius 2 is 2.03 bits per heavy atom. The quantitative estimate of drug-likeness (QED) is 0.262. The topological polar surface area (TPSA) is 82.7 Å². The van der Waals surface area contributed by atoms with Crippen molar-refractivity contribution in [1.82, 2.24) is 18.9 Å². The Balaban J connectivity index is 1.53. The van der Waals surface area contributed by atoms with Crippen molar-refractivity contribution in [3.63, 3.8) is 0 Å². The van der Waals surface area contributed by atoms with Gasteiger partial charge in [-0.3, -0.25) is 9.20 Å². The van der Waals surface area contributed by atoms with Crippen molar-refractivity contribution in [2.45, 2.75) is 45.0 Å². The number of fused-ring (bicyclic) bond motifs is 2. The molecule has 0 unspecified atom stereocenters. The normalized spacial score (nSPS) is 17.7. The maximum Gasteiger partial charge on any atom is 0.231 e. The smallest absolute Gasteiger partial charge is 0.231 e. The Morgan fingerprint density at radius 1 is 1.23 bits per heavy atom. The Labute approximate surface area is 204 Å². The summed E-state index contributed by atoms with van der Waals surface area (Å²) in [5.41, 5.74) is 3.28. The van der Waals surface area contributed by atoms with Crippen LogP contribution in [0.4, 0.5) is 10.2 Å². The third kappa shape index (κ3) is 4.80. The van der Waals surface area contributed by atoms with Gasteiger partial charge in [-0.05, 0) is 36.7 Å². The molecule has 0 spiro atoms. The van der Waals surface area contributed by atoms with E-state index in [1.807, 2.05) is 39.6 Å². The first-order valence-corrected chi connectivity index (χ1v) is 15.5. The summed E-state index contributed by atoms with van der Waals surface area (Å²) in [4.78, 5) is 21.3. The average Bonchev–Trinajstić information content (AvgIpc) is 3.21. The molecule has 0 bridgehead atoms. The molecule has 1 aliphatic rings. The first-order valence-electron chi connectivity index (χ1n) is 11.8. The predicted octanol–water partition coefficient (Wildman–Crippen LogP) is 4.97. The zero-order chi connectivity index (χ0) is 24.7. The van der Waals surface area contributed by atoms with Gasteiger partial charge in [0.15, 0.2) is 0 Å². The summed E-state index contributed by atoms with van der Waals surface area (Å²) in [6.07, 6.45) is 4.81. The van der Waals surface area contributed by atoms with E-state index in [0.29, 0.717) is 30.7 Å². The standard InChI is InChI=1S/C25H30FN5O3Si/c1-33-25-17(6-8-22-27-9-10-31(22)25)19-14-30(15-34-11-12-35(2,3)4)23-16(19)5-7-21(28-23)29-24(32)18-13-20(18)26/h5-10,14,18,20H,11-13,15H2,1-4H3,(H,28,29,32)/t18-,20+/m1/s1. The first-order chi connectivity index (χ1) is 16.7. The molecule has 5 rings (SSSR count). The van der Waals surface area contributed by atoms with Crippen LogP contribution in [-0.2, 0) is 16.3 Å². The molecule has 0 aliphatic heterocycles. The minimum absolute atomic E-state index is 0.274. The first kappa shape index (κ1) is 23.5.